The van der Waals surface area contributed by atoms with Gasteiger partial charge in [-0.05, 0) is 30.8 Å². The van der Waals surface area contributed by atoms with Gasteiger partial charge in [-0.25, -0.2) is 13.1 Å². The van der Waals surface area contributed by atoms with E-state index in [1.54, 1.807) is 12.1 Å². The number of halogens is 3. The number of nitrogens with one attached hydrogen (secondary N) is 1. The predicted molar refractivity (Wildman–Crippen MR) is 123 cm³/mol. The van der Waals surface area contributed by atoms with Gasteiger partial charge < -0.3 is 19.9 Å². The molecule has 0 saturated heterocycles. The van der Waals surface area contributed by atoms with Crippen molar-refractivity contribution in [3.8, 4) is 17.2 Å². The fraction of sp³-hybridized carbons (Fsp3) is 0.455. The summed E-state index contributed by atoms with van der Waals surface area (Å²) in [5.41, 5.74) is 4.55. The van der Waals surface area contributed by atoms with Crippen molar-refractivity contribution >= 4 is 15.7 Å². The lowest BCUT2D eigenvalue weighted by Gasteiger charge is -2.22. The molecular weight excluding hydrogens is 475 g/mol. The molecule has 0 saturated carbocycles. The van der Waals surface area contributed by atoms with Crippen molar-refractivity contribution in [1.29, 1.82) is 0 Å². The van der Waals surface area contributed by atoms with E-state index < -0.39 is 32.3 Å². The highest BCUT2D eigenvalue weighted by Gasteiger charge is 2.36. The summed E-state index contributed by atoms with van der Waals surface area (Å²) < 4.78 is 85.2. The lowest BCUT2D eigenvalue weighted by molar-refractivity contribution is -0.137. The minimum atomic E-state index is -4.82. The van der Waals surface area contributed by atoms with Gasteiger partial charge in [0.2, 0.25) is 10.0 Å². The molecule has 0 aliphatic carbocycles. The van der Waals surface area contributed by atoms with Gasteiger partial charge in [-0.15, -0.1) is 0 Å². The first-order chi connectivity index (χ1) is 15.9. The predicted octanol–water partition coefficient (Wildman–Crippen LogP) is 3.63. The number of methoxy groups -OCH3 is 3. The van der Waals surface area contributed by atoms with Crippen LogP contribution in [-0.2, 0) is 29.3 Å². The molecule has 0 heterocycles. The highest BCUT2D eigenvalue weighted by atomic mass is 32.2. The second kappa shape index (κ2) is 11.2. The summed E-state index contributed by atoms with van der Waals surface area (Å²) >= 11 is 0. The second-order valence-electron chi connectivity index (χ2n) is 7.34. The lowest BCUT2D eigenvalue weighted by atomic mass is 10.1. The molecule has 34 heavy (non-hydrogen) atoms. The quantitative estimate of drug-likeness (QED) is 0.450. The molecule has 0 aliphatic heterocycles. The number of benzene rings is 2. The van der Waals surface area contributed by atoms with Crippen LogP contribution in [0.3, 0.4) is 0 Å². The van der Waals surface area contributed by atoms with E-state index >= 15 is 0 Å². The summed E-state index contributed by atoms with van der Waals surface area (Å²) in [6.45, 7) is 4.60. The van der Waals surface area contributed by atoms with Gasteiger partial charge in [0.1, 0.15) is 17.2 Å². The summed E-state index contributed by atoms with van der Waals surface area (Å²) in [4.78, 5) is 1.30. The molecule has 0 fully saturated rings. The Hall–Kier alpha value is -2.70. The fourth-order valence-electron chi connectivity index (χ4n) is 3.40. The van der Waals surface area contributed by atoms with Crippen LogP contribution >= 0.6 is 0 Å². The molecule has 0 bridgehead atoms. The van der Waals surface area contributed by atoms with Crippen LogP contribution in [-0.4, -0.2) is 47.7 Å². The molecule has 0 unspecified atom stereocenters. The lowest BCUT2D eigenvalue weighted by Crippen LogP contribution is -2.27. The van der Waals surface area contributed by atoms with Crippen LogP contribution in [0.5, 0.6) is 17.2 Å². The zero-order valence-electron chi connectivity index (χ0n) is 19.7. The molecule has 12 heteroatoms. The number of nitrogens with two attached hydrogens (primary N) is 1. The third-order valence-electron chi connectivity index (χ3n) is 5.40. The van der Waals surface area contributed by atoms with Gasteiger partial charge in [-0.1, -0.05) is 13.8 Å². The van der Waals surface area contributed by atoms with Gasteiger partial charge in [-0.2, -0.15) is 13.2 Å². The van der Waals surface area contributed by atoms with Gasteiger partial charge >= 0.3 is 6.18 Å². The summed E-state index contributed by atoms with van der Waals surface area (Å²) in [7, 11) is -0.131. The van der Waals surface area contributed by atoms with Crippen LogP contribution in [0.1, 0.15) is 30.5 Å². The molecule has 2 aromatic rings. The van der Waals surface area contributed by atoms with Crippen LogP contribution in [0, 0.1) is 0 Å². The largest absolute Gasteiger partial charge is 0.496 e. The third-order valence-corrected chi connectivity index (χ3v) is 6.78. The Labute approximate surface area is 197 Å². The molecule has 0 spiro atoms. The summed E-state index contributed by atoms with van der Waals surface area (Å²) in [5.74, 6) is 0.999. The van der Waals surface area contributed by atoms with Crippen LogP contribution in [0.15, 0.2) is 29.2 Å². The zero-order valence-corrected chi connectivity index (χ0v) is 20.6. The normalized spacial score (nSPS) is 12.1. The molecule has 0 aliphatic rings. The number of alkyl halides is 3. The van der Waals surface area contributed by atoms with Crippen molar-refractivity contribution in [3.63, 3.8) is 0 Å². The van der Waals surface area contributed by atoms with Gasteiger partial charge in [0, 0.05) is 30.9 Å². The Morgan fingerprint density at radius 3 is 1.97 bits per heavy atom. The smallest absolute Gasteiger partial charge is 0.418 e. The van der Waals surface area contributed by atoms with Crippen LogP contribution in [0.4, 0.5) is 18.9 Å². The summed E-state index contributed by atoms with van der Waals surface area (Å²) in [5, 5.41) is 0. The highest BCUT2D eigenvalue weighted by Crippen LogP contribution is 2.38. The van der Waals surface area contributed by atoms with Crippen LogP contribution < -0.4 is 24.7 Å². The van der Waals surface area contributed by atoms with E-state index in [1.165, 1.54) is 27.4 Å². The Bertz CT molecular complexity index is 1080. The minimum Gasteiger partial charge on any atom is -0.496 e. The number of sulfonamides is 1. The number of rotatable bonds is 11. The molecule has 0 amide bonds. The average Bonchev–Trinajstić information content (AvgIpc) is 2.80. The zero-order chi connectivity index (χ0) is 25.7. The van der Waals surface area contributed by atoms with E-state index in [1.807, 2.05) is 18.7 Å². The first-order valence-electron chi connectivity index (χ1n) is 10.4. The second-order valence-corrected chi connectivity index (χ2v) is 9.10. The van der Waals surface area contributed by atoms with E-state index in [4.69, 9.17) is 19.9 Å². The van der Waals surface area contributed by atoms with Crippen molar-refractivity contribution in [1.82, 2.24) is 9.62 Å². The average molecular weight is 506 g/mol. The molecule has 0 atom stereocenters. The van der Waals surface area contributed by atoms with Crippen molar-refractivity contribution in [2.45, 2.75) is 38.0 Å². The van der Waals surface area contributed by atoms with Crippen molar-refractivity contribution < 1.29 is 35.8 Å². The van der Waals surface area contributed by atoms with Crippen LogP contribution in [0.2, 0.25) is 0 Å². The van der Waals surface area contributed by atoms with E-state index in [9.17, 15) is 21.6 Å². The molecule has 0 radical (unpaired) electrons. The van der Waals surface area contributed by atoms with Crippen molar-refractivity contribution in [2.24, 2.45) is 0 Å². The number of anilines is 1. The van der Waals surface area contributed by atoms with Gasteiger partial charge in [0.15, 0.2) is 0 Å². The standard InChI is InChI=1S/C22H30F3N3O5S/c1-6-28(7-2)13-14-8-16(11-18(21(14)26)22(23,24)25)34(29,30)27-12-17-19(32-4)9-15(31-3)10-20(17)33-5/h8-11,27H,6-7,12-13,26H2,1-5H3. The first-order valence-corrected chi connectivity index (χ1v) is 11.9. The number of hydrogen-bond donors (Lipinski definition) is 2. The SMILES string of the molecule is CCN(CC)Cc1cc(S(=O)(=O)NCc2c(OC)cc(OC)cc2OC)cc(C(F)(F)F)c1N. The Balaban J connectivity index is 2.50. The molecule has 2 aromatic carbocycles. The monoisotopic (exact) mass is 505 g/mol. The molecule has 190 valence electrons. The van der Waals surface area contributed by atoms with E-state index in [2.05, 4.69) is 4.72 Å². The highest BCUT2D eigenvalue weighted by molar-refractivity contribution is 7.89. The molecule has 8 nitrogen and oxygen atoms in total. The Kier molecular flexibility index (Phi) is 9.03. The van der Waals surface area contributed by atoms with Gasteiger partial charge in [0.05, 0.1) is 37.4 Å². The van der Waals surface area contributed by atoms with Crippen molar-refractivity contribution in [3.05, 3.63) is 41.0 Å². The maximum absolute atomic E-state index is 13.7. The van der Waals surface area contributed by atoms with Gasteiger partial charge in [-0.3, -0.25) is 4.90 Å². The summed E-state index contributed by atoms with van der Waals surface area (Å²) in [6, 6.07) is 4.80. The van der Waals surface area contributed by atoms with Crippen LogP contribution in [0.25, 0.3) is 0 Å². The first kappa shape index (κ1) is 27.5. The topological polar surface area (TPSA) is 103 Å². The summed E-state index contributed by atoms with van der Waals surface area (Å²) in [6.07, 6.45) is -4.82. The third kappa shape index (κ3) is 6.24. The van der Waals surface area contributed by atoms with E-state index in [-0.39, 0.29) is 30.2 Å². The van der Waals surface area contributed by atoms with E-state index in [0.29, 0.717) is 30.5 Å². The number of hydrogen-bond acceptors (Lipinski definition) is 7. The minimum absolute atomic E-state index is 0.0748. The molecule has 2 rings (SSSR count). The molecule has 3 N–H and O–H groups in total. The van der Waals surface area contributed by atoms with E-state index in [0.717, 1.165) is 0 Å². The molecular formula is C22H30F3N3O5S. The Morgan fingerprint density at radius 1 is 0.971 bits per heavy atom. The number of nitrogen functional groups attached to an aromatic ring is 1. The molecule has 0 aromatic heterocycles. The van der Waals surface area contributed by atoms with Crippen molar-refractivity contribution in [2.75, 3.05) is 40.2 Å². The maximum Gasteiger partial charge on any atom is 0.418 e. The number of nitrogens with zero attached hydrogens (tertiary/aromatic N) is 1. The van der Waals surface area contributed by atoms with Gasteiger partial charge in [0.25, 0.3) is 0 Å². The number of ether oxygens (including phenoxy) is 3. The fourth-order valence-corrected chi connectivity index (χ4v) is 4.47. The Morgan fingerprint density at radius 2 is 1.53 bits per heavy atom. The maximum atomic E-state index is 13.7.